The van der Waals surface area contributed by atoms with Crippen molar-refractivity contribution >= 4 is 76.0 Å². The highest BCUT2D eigenvalue weighted by molar-refractivity contribution is 6.38. The molecule has 11 rings (SSSR count). The number of rotatable bonds is 2. The summed E-state index contributed by atoms with van der Waals surface area (Å²) >= 11 is 0. The lowest BCUT2D eigenvalue weighted by molar-refractivity contribution is 0.261. The predicted octanol–water partition coefficient (Wildman–Crippen LogP) is 13.3. The average Bonchev–Trinajstić information content (AvgIpc) is 3.63. The zero-order valence-electron chi connectivity index (χ0n) is 27.6. The topological polar surface area (TPSA) is 3.24 Å². The Hall–Kier alpha value is -5.14. The number of benzene rings is 7. The van der Waals surface area contributed by atoms with Crippen molar-refractivity contribution in [2.45, 2.75) is 56.9 Å². The van der Waals surface area contributed by atoms with Crippen molar-refractivity contribution in [2.24, 2.45) is 0 Å². The molecule has 9 aromatic rings. The van der Waals surface area contributed by atoms with Gasteiger partial charge in [-0.05, 0) is 137 Å². The second-order valence-electron chi connectivity index (χ2n) is 15.1. The molecule has 0 saturated heterocycles. The molecular weight excluding hydrogens is 579 g/mol. The molecule has 9 aromatic carbocycles. The van der Waals surface area contributed by atoms with Crippen LogP contribution in [0.15, 0.2) is 127 Å². The van der Waals surface area contributed by atoms with Crippen LogP contribution in [0.3, 0.4) is 0 Å². The van der Waals surface area contributed by atoms with Crippen LogP contribution in [0.4, 0.5) is 11.4 Å². The van der Waals surface area contributed by atoms with Gasteiger partial charge in [0.2, 0.25) is 0 Å². The van der Waals surface area contributed by atoms with E-state index in [2.05, 4.69) is 146 Å². The lowest BCUT2D eigenvalue weighted by atomic mass is 9.66. The summed E-state index contributed by atoms with van der Waals surface area (Å²) in [6.07, 6.45) is 6.34. The molecule has 1 heteroatoms. The minimum atomic E-state index is 0.0405. The number of nitrogens with zero attached hydrogens (tertiary/aromatic N) is 1. The van der Waals surface area contributed by atoms with E-state index in [-0.39, 0.29) is 11.0 Å². The molecule has 1 nitrogen and oxygen atoms in total. The van der Waals surface area contributed by atoms with Gasteiger partial charge in [0, 0.05) is 16.8 Å². The average molecular weight is 616 g/mol. The predicted molar refractivity (Wildman–Crippen MR) is 207 cm³/mol. The minimum Gasteiger partial charge on any atom is -0.334 e. The first-order valence-corrected chi connectivity index (χ1v) is 17.8. The molecule has 0 aromatic heterocycles. The Bertz CT molecular complexity index is 2650. The van der Waals surface area contributed by atoms with E-state index in [0.29, 0.717) is 0 Å². The van der Waals surface area contributed by atoms with Crippen molar-refractivity contribution in [3.8, 4) is 11.1 Å². The maximum Gasteiger partial charge on any atom is 0.0517 e. The number of anilines is 2. The zero-order valence-corrected chi connectivity index (χ0v) is 27.6. The van der Waals surface area contributed by atoms with Gasteiger partial charge in [0.1, 0.15) is 0 Å². The van der Waals surface area contributed by atoms with E-state index >= 15 is 0 Å². The number of fused-ring (bicyclic) bond motifs is 9. The molecule has 0 radical (unpaired) electrons. The van der Waals surface area contributed by atoms with Gasteiger partial charge >= 0.3 is 0 Å². The highest BCUT2D eigenvalue weighted by Crippen LogP contribution is 2.60. The summed E-state index contributed by atoms with van der Waals surface area (Å²) in [4.78, 5) is 2.69. The molecule has 1 saturated carbocycles. The highest BCUT2D eigenvalue weighted by atomic mass is 15.2. The summed E-state index contributed by atoms with van der Waals surface area (Å²) in [7, 11) is 0. The molecule has 230 valence electrons. The van der Waals surface area contributed by atoms with Gasteiger partial charge in [-0.3, -0.25) is 0 Å². The van der Waals surface area contributed by atoms with Crippen LogP contribution in [0.25, 0.3) is 75.8 Å². The summed E-state index contributed by atoms with van der Waals surface area (Å²) in [6, 6.07) is 48.8. The molecule has 1 fully saturated rings. The minimum absolute atomic E-state index is 0.0405. The van der Waals surface area contributed by atoms with E-state index in [4.69, 9.17) is 0 Å². The van der Waals surface area contributed by atoms with Crippen LogP contribution in [-0.4, -0.2) is 5.54 Å². The summed E-state index contributed by atoms with van der Waals surface area (Å²) in [5.41, 5.74) is 7.01. The van der Waals surface area contributed by atoms with Crippen molar-refractivity contribution in [1.29, 1.82) is 0 Å². The van der Waals surface area contributed by atoms with Crippen LogP contribution in [0, 0.1) is 0 Å². The Morgan fingerprint density at radius 3 is 1.83 bits per heavy atom. The third-order valence-corrected chi connectivity index (χ3v) is 12.9. The van der Waals surface area contributed by atoms with E-state index in [1.165, 1.54) is 125 Å². The lowest BCUT2D eigenvalue weighted by Crippen LogP contribution is -2.52. The largest absolute Gasteiger partial charge is 0.334 e. The summed E-state index contributed by atoms with van der Waals surface area (Å²) < 4.78 is 0. The quantitative estimate of drug-likeness (QED) is 0.187. The van der Waals surface area contributed by atoms with E-state index in [1.807, 2.05) is 0 Å². The molecule has 1 aliphatic heterocycles. The summed E-state index contributed by atoms with van der Waals surface area (Å²) in [5.74, 6) is 0. The van der Waals surface area contributed by atoms with Gasteiger partial charge in [-0.1, -0.05) is 117 Å². The number of hydrogen-bond donors (Lipinski definition) is 0. The van der Waals surface area contributed by atoms with Gasteiger partial charge < -0.3 is 4.90 Å². The first-order valence-electron chi connectivity index (χ1n) is 17.8. The Morgan fingerprint density at radius 2 is 1.10 bits per heavy atom. The van der Waals surface area contributed by atoms with Crippen molar-refractivity contribution in [3.05, 3.63) is 133 Å². The fourth-order valence-electron chi connectivity index (χ4n) is 10.4. The van der Waals surface area contributed by atoms with Gasteiger partial charge in [-0.25, -0.2) is 0 Å². The first-order chi connectivity index (χ1) is 23.5. The Labute approximate surface area is 281 Å². The SMILES string of the molecule is CC12CCCCCC1(C)N(c1ccccc1)c1ccc(-c3ccc4c5cc6c(cc5c5cccc3c54)c3cccc4cccc6c43)cc12. The monoisotopic (exact) mass is 615 g/mol. The first kappa shape index (κ1) is 26.9. The molecule has 1 heterocycles. The fraction of sp³-hybridized carbons (Fsp3) is 0.191. The van der Waals surface area contributed by atoms with Gasteiger partial charge in [0.25, 0.3) is 0 Å². The molecule has 0 amide bonds. The second kappa shape index (κ2) is 9.26. The standard InChI is InChI=1S/C47H37N/c1-46-24-7-4-8-25-47(46,2)48(31-14-5-3-6-15-31)43-23-20-30(26-42(43)46)32-21-22-37-41-28-39-35-17-10-13-29-12-9-16-34(44(29)35)38(39)27-40(41)36-19-11-18-33(32)45(36)37/h3,5-6,9-23,26-28H,4,7-8,24-25H2,1-2H3. The molecule has 48 heavy (non-hydrogen) atoms. The smallest absolute Gasteiger partial charge is 0.0517 e. The number of para-hydroxylation sites is 1. The molecule has 2 atom stereocenters. The van der Waals surface area contributed by atoms with Gasteiger partial charge in [0.15, 0.2) is 0 Å². The van der Waals surface area contributed by atoms with Gasteiger partial charge in [-0.2, -0.15) is 0 Å². The summed E-state index contributed by atoms with van der Waals surface area (Å²) in [6.45, 7) is 5.10. The normalized spacial score (nSPS) is 21.2. The van der Waals surface area contributed by atoms with E-state index < -0.39 is 0 Å². The lowest BCUT2D eigenvalue weighted by Gasteiger charge is -2.46. The van der Waals surface area contributed by atoms with Crippen LogP contribution in [0.5, 0.6) is 0 Å². The zero-order chi connectivity index (χ0) is 31.8. The maximum absolute atomic E-state index is 2.69. The third kappa shape index (κ3) is 3.23. The highest BCUT2D eigenvalue weighted by Gasteiger charge is 2.56. The molecule has 2 unspecified atom stereocenters. The van der Waals surface area contributed by atoms with Crippen molar-refractivity contribution in [2.75, 3.05) is 4.90 Å². The molecule has 0 bridgehead atoms. The van der Waals surface area contributed by atoms with Crippen LogP contribution >= 0.6 is 0 Å². The van der Waals surface area contributed by atoms with Gasteiger partial charge in [0.05, 0.1) is 5.54 Å². The van der Waals surface area contributed by atoms with Crippen molar-refractivity contribution in [1.82, 2.24) is 0 Å². The third-order valence-electron chi connectivity index (χ3n) is 12.9. The molecule has 2 aliphatic rings. The van der Waals surface area contributed by atoms with Crippen LogP contribution in [-0.2, 0) is 5.41 Å². The Kier molecular flexibility index (Phi) is 5.19. The van der Waals surface area contributed by atoms with E-state index in [9.17, 15) is 0 Å². The van der Waals surface area contributed by atoms with Crippen molar-refractivity contribution < 1.29 is 0 Å². The molecule has 0 N–H and O–H groups in total. The molecule has 0 spiro atoms. The number of hydrogen-bond acceptors (Lipinski definition) is 1. The van der Waals surface area contributed by atoms with E-state index in [0.717, 1.165) is 0 Å². The van der Waals surface area contributed by atoms with Gasteiger partial charge in [-0.15, -0.1) is 0 Å². The second-order valence-corrected chi connectivity index (χ2v) is 15.1. The van der Waals surface area contributed by atoms with Crippen LogP contribution in [0.1, 0.15) is 51.5 Å². The summed E-state index contributed by atoms with van der Waals surface area (Å²) in [5, 5.41) is 16.4. The maximum atomic E-state index is 2.69. The van der Waals surface area contributed by atoms with Crippen LogP contribution in [0.2, 0.25) is 0 Å². The van der Waals surface area contributed by atoms with E-state index in [1.54, 1.807) is 0 Å². The molecule has 1 aliphatic carbocycles. The molecular formula is C47H37N. The van der Waals surface area contributed by atoms with Crippen LogP contribution < -0.4 is 4.90 Å². The Balaban J connectivity index is 1.15. The Morgan fingerprint density at radius 1 is 0.479 bits per heavy atom. The fourth-order valence-corrected chi connectivity index (χ4v) is 10.4. The van der Waals surface area contributed by atoms with Crippen molar-refractivity contribution in [3.63, 3.8) is 0 Å².